The van der Waals surface area contributed by atoms with E-state index in [4.69, 9.17) is 4.42 Å². The molecule has 0 radical (unpaired) electrons. The van der Waals surface area contributed by atoms with Crippen molar-refractivity contribution in [3.05, 3.63) is 34.7 Å². The summed E-state index contributed by atoms with van der Waals surface area (Å²) in [7, 11) is 0. The van der Waals surface area contributed by atoms with Crippen LogP contribution in [-0.4, -0.2) is 23.3 Å². The summed E-state index contributed by atoms with van der Waals surface area (Å²) in [5, 5.41) is 6.00. The number of amides is 2. The Morgan fingerprint density at radius 1 is 1.43 bits per heavy atom. The Morgan fingerprint density at radius 2 is 2.24 bits per heavy atom. The van der Waals surface area contributed by atoms with Gasteiger partial charge in [0.1, 0.15) is 6.26 Å². The van der Waals surface area contributed by atoms with Crippen molar-refractivity contribution in [3.63, 3.8) is 0 Å². The largest absolute Gasteiger partial charge is 0.472 e. The Hall–Kier alpha value is -2.15. The first-order chi connectivity index (χ1) is 10.1. The predicted molar refractivity (Wildman–Crippen MR) is 80.5 cm³/mol. The number of carbonyl (C=O) groups excluding carboxylic acids is 2. The van der Waals surface area contributed by atoms with E-state index < -0.39 is 0 Å². The lowest BCUT2D eigenvalue weighted by Gasteiger charge is -2.03. The molecule has 0 aliphatic carbocycles. The molecule has 0 aliphatic rings. The molecule has 0 aliphatic heterocycles. The Kier molecular flexibility index (Phi) is 5.10. The fraction of sp³-hybridized carbons (Fsp3) is 0.357. The van der Waals surface area contributed by atoms with Crippen molar-refractivity contribution < 1.29 is 14.0 Å². The van der Waals surface area contributed by atoms with Crippen LogP contribution >= 0.6 is 11.3 Å². The van der Waals surface area contributed by atoms with Gasteiger partial charge in [-0.15, -0.1) is 11.3 Å². The maximum absolute atomic E-state index is 11.8. The van der Waals surface area contributed by atoms with Gasteiger partial charge in [0, 0.05) is 17.8 Å². The monoisotopic (exact) mass is 307 g/mol. The Bertz CT molecular complexity index is 619. The number of nitrogens with one attached hydrogen (secondary N) is 2. The summed E-state index contributed by atoms with van der Waals surface area (Å²) in [6.07, 6.45) is 3.83. The minimum atomic E-state index is -0.255. The zero-order valence-electron chi connectivity index (χ0n) is 11.9. The SMILES string of the molecule is CCc1nc(NC(=O)CCNC(=O)c2ccoc2)sc1C. The van der Waals surface area contributed by atoms with Crippen LogP contribution in [0.1, 0.15) is 34.3 Å². The fourth-order valence-corrected chi connectivity index (χ4v) is 2.70. The molecule has 0 unspecified atom stereocenters. The number of nitrogens with zero attached hydrogens (tertiary/aromatic N) is 1. The van der Waals surface area contributed by atoms with E-state index in [0.29, 0.717) is 10.7 Å². The number of furan rings is 1. The van der Waals surface area contributed by atoms with Gasteiger partial charge in [0.25, 0.3) is 5.91 Å². The number of rotatable bonds is 6. The molecule has 2 amide bonds. The van der Waals surface area contributed by atoms with Gasteiger partial charge in [-0.2, -0.15) is 0 Å². The Balaban J connectivity index is 1.76. The minimum Gasteiger partial charge on any atom is -0.472 e. The highest BCUT2D eigenvalue weighted by atomic mass is 32.1. The average Bonchev–Trinajstić information content (AvgIpc) is 3.08. The molecule has 0 saturated carbocycles. The van der Waals surface area contributed by atoms with Gasteiger partial charge in [0.05, 0.1) is 17.5 Å². The topological polar surface area (TPSA) is 84.2 Å². The lowest BCUT2D eigenvalue weighted by molar-refractivity contribution is -0.116. The highest BCUT2D eigenvalue weighted by molar-refractivity contribution is 7.15. The molecule has 2 N–H and O–H groups in total. The van der Waals surface area contributed by atoms with Crippen LogP contribution in [0.5, 0.6) is 0 Å². The number of anilines is 1. The number of thiazole rings is 1. The van der Waals surface area contributed by atoms with Gasteiger partial charge in [-0.25, -0.2) is 4.98 Å². The third kappa shape index (κ3) is 4.16. The average molecular weight is 307 g/mol. The summed E-state index contributed by atoms with van der Waals surface area (Å²) in [5.74, 6) is -0.422. The molecule has 2 aromatic heterocycles. The van der Waals surface area contributed by atoms with E-state index in [9.17, 15) is 9.59 Å². The third-order valence-electron chi connectivity index (χ3n) is 2.89. The van der Waals surface area contributed by atoms with E-state index in [-0.39, 0.29) is 24.8 Å². The van der Waals surface area contributed by atoms with E-state index >= 15 is 0 Å². The van der Waals surface area contributed by atoms with Crippen LogP contribution in [0.3, 0.4) is 0 Å². The van der Waals surface area contributed by atoms with Gasteiger partial charge in [-0.05, 0) is 19.4 Å². The molecule has 0 bridgehead atoms. The van der Waals surface area contributed by atoms with Crippen molar-refractivity contribution >= 4 is 28.3 Å². The lowest BCUT2D eigenvalue weighted by atomic mass is 10.3. The van der Waals surface area contributed by atoms with E-state index in [2.05, 4.69) is 15.6 Å². The second kappa shape index (κ2) is 7.03. The predicted octanol–water partition coefficient (Wildman–Crippen LogP) is 2.37. The molecule has 0 atom stereocenters. The van der Waals surface area contributed by atoms with Gasteiger partial charge in [-0.1, -0.05) is 6.92 Å². The molecule has 112 valence electrons. The molecule has 21 heavy (non-hydrogen) atoms. The van der Waals surface area contributed by atoms with Crippen molar-refractivity contribution in [1.29, 1.82) is 0 Å². The molecule has 6 nitrogen and oxygen atoms in total. The third-order valence-corrected chi connectivity index (χ3v) is 3.82. The summed E-state index contributed by atoms with van der Waals surface area (Å²) in [5.41, 5.74) is 1.45. The standard InChI is InChI=1S/C14H17N3O3S/c1-3-11-9(2)21-14(16-11)17-12(18)4-6-15-13(19)10-5-7-20-8-10/h5,7-8H,3-4,6H2,1-2H3,(H,15,19)(H,16,17,18). The summed E-state index contributed by atoms with van der Waals surface area (Å²) < 4.78 is 4.82. The first-order valence-electron chi connectivity index (χ1n) is 6.66. The Labute approximate surface area is 126 Å². The van der Waals surface area contributed by atoms with Crippen LogP contribution in [0.25, 0.3) is 0 Å². The summed E-state index contributed by atoms with van der Waals surface area (Å²) in [6, 6.07) is 1.57. The molecule has 0 fully saturated rings. The van der Waals surface area contributed by atoms with Crippen molar-refractivity contribution in [2.75, 3.05) is 11.9 Å². The van der Waals surface area contributed by atoms with E-state index in [0.717, 1.165) is 17.0 Å². The highest BCUT2D eigenvalue weighted by Crippen LogP contribution is 2.22. The van der Waals surface area contributed by atoms with E-state index in [1.165, 1.54) is 23.9 Å². The number of carbonyl (C=O) groups is 2. The molecular formula is C14H17N3O3S. The maximum atomic E-state index is 11.8. The molecule has 0 spiro atoms. The molecule has 2 heterocycles. The number of aromatic nitrogens is 1. The van der Waals surface area contributed by atoms with Crippen LogP contribution in [0.15, 0.2) is 23.0 Å². The number of hydrogen-bond donors (Lipinski definition) is 2. The Morgan fingerprint density at radius 3 is 2.86 bits per heavy atom. The van der Waals surface area contributed by atoms with Gasteiger partial charge in [0.2, 0.25) is 5.91 Å². The van der Waals surface area contributed by atoms with Crippen molar-refractivity contribution in [2.45, 2.75) is 26.7 Å². The second-order valence-corrected chi connectivity index (χ2v) is 5.64. The zero-order chi connectivity index (χ0) is 15.2. The molecular weight excluding hydrogens is 290 g/mol. The lowest BCUT2D eigenvalue weighted by Crippen LogP contribution is -2.27. The fourth-order valence-electron chi connectivity index (χ4n) is 1.78. The summed E-state index contributed by atoms with van der Waals surface area (Å²) in [4.78, 5) is 28.8. The van der Waals surface area contributed by atoms with Crippen LogP contribution in [0, 0.1) is 6.92 Å². The molecule has 7 heteroatoms. The van der Waals surface area contributed by atoms with Crippen molar-refractivity contribution in [3.8, 4) is 0 Å². The normalized spacial score (nSPS) is 10.4. The first kappa shape index (κ1) is 15.2. The van der Waals surface area contributed by atoms with Crippen LogP contribution in [0.4, 0.5) is 5.13 Å². The molecule has 0 aromatic carbocycles. The van der Waals surface area contributed by atoms with E-state index in [1.807, 2.05) is 13.8 Å². The molecule has 2 aromatic rings. The molecule has 0 saturated heterocycles. The highest BCUT2D eigenvalue weighted by Gasteiger charge is 2.10. The van der Waals surface area contributed by atoms with Crippen LogP contribution in [0.2, 0.25) is 0 Å². The second-order valence-electron chi connectivity index (χ2n) is 4.44. The van der Waals surface area contributed by atoms with Gasteiger partial charge >= 0.3 is 0 Å². The zero-order valence-corrected chi connectivity index (χ0v) is 12.8. The summed E-state index contributed by atoms with van der Waals surface area (Å²) >= 11 is 1.46. The first-order valence-corrected chi connectivity index (χ1v) is 7.48. The van der Waals surface area contributed by atoms with Crippen molar-refractivity contribution in [1.82, 2.24) is 10.3 Å². The van der Waals surface area contributed by atoms with Gasteiger partial charge in [0.15, 0.2) is 5.13 Å². The molecule has 2 rings (SSSR count). The van der Waals surface area contributed by atoms with Gasteiger partial charge < -0.3 is 15.1 Å². The van der Waals surface area contributed by atoms with Crippen LogP contribution in [-0.2, 0) is 11.2 Å². The number of aryl methyl sites for hydroxylation is 2. The number of hydrogen-bond acceptors (Lipinski definition) is 5. The van der Waals surface area contributed by atoms with Crippen molar-refractivity contribution in [2.24, 2.45) is 0 Å². The van der Waals surface area contributed by atoms with Crippen LogP contribution < -0.4 is 10.6 Å². The smallest absolute Gasteiger partial charge is 0.254 e. The van der Waals surface area contributed by atoms with Gasteiger partial charge in [-0.3, -0.25) is 9.59 Å². The quantitative estimate of drug-likeness (QED) is 0.858. The van der Waals surface area contributed by atoms with E-state index in [1.54, 1.807) is 6.07 Å². The summed E-state index contributed by atoms with van der Waals surface area (Å²) in [6.45, 7) is 4.27. The minimum absolute atomic E-state index is 0.168. The maximum Gasteiger partial charge on any atom is 0.254 e.